The van der Waals surface area contributed by atoms with E-state index in [2.05, 4.69) is 45.2 Å². The normalized spacial score (nSPS) is 11.0. The number of carbonyl (C=O) groups excluding carboxylic acids is 1. The Hall–Kier alpha value is -2.54. The fourth-order valence-electron chi connectivity index (χ4n) is 3.15. The van der Waals surface area contributed by atoms with Crippen LogP contribution in [0.4, 0.5) is 0 Å². The number of esters is 1. The fourth-order valence-corrected chi connectivity index (χ4v) is 4.11. The van der Waals surface area contributed by atoms with Crippen molar-refractivity contribution < 1.29 is 14.3 Å². The smallest absolute Gasteiger partial charge is 0.308 e. The molecule has 0 aliphatic rings. The van der Waals surface area contributed by atoms with Gasteiger partial charge in [0.1, 0.15) is 5.75 Å². The van der Waals surface area contributed by atoms with Gasteiger partial charge in [0.05, 0.1) is 21.9 Å². The van der Waals surface area contributed by atoms with Crippen LogP contribution in [0.2, 0.25) is 0 Å². The summed E-state index contributed by atoms with van der Waals surface area (Å²) in [5.74, 6) is 1.12. The highest BCUT2D eigenvalue weighted by Gasteiger charge is 2.20. The molecule has 0 atom stereocenters. The first-order chi connectivity index (χ1) is 12.6. The van der Waals surface area contributed by atoms with E-state index in [0.717, 1.165) is 36.9 Å². The molecule has 26 heavy (non-hydrogen) atoms. The molecule has 4 rings (SSSR count). The average molecular weight is 457 g/mol. The summed E-state index contributed by atoms with van der Waals surface area (Å²) in [4.78, 5) is 11.5. The molecule has 2 heterocycles. The minimum absolute atomic E-state index is 0.323. The predicted octanol–water partition coefficient (Wildman–Crippen LogP) is 5.30. The van der Waals surface area contributed by atoms with E-state index in [-0.39, 0.29) is 5.97 Å². The van der Waals surface area contributed by atoms with Gasteiger partial charge in [-0.3, -0.25) is 4.79 Å². The molecule has 0 saturated carbocycles. The van der Waals surface area contributed by atoms with Crippen LogP contribution in [0.1, 0.15) is 6.92 Å². The van der Waals surface area contributed by atoms with Gasteiger partial charge < -0.3 is 13.9 Å². The highest BCUT2D eigenvalue weighted by atomic mass is 127. The lowest BCUT2D eigenvalue weighted by Crippen LogP contribution is -2.01. The van der Waals surface area contributed by atoms with Gasteiger partial charge in [-0.2, -0.15) is 0 Å². The number of hydrogen-bond donors (Lipinski definition) is 0. The molecular formula is C21H16INO3. The van der Waals surface area contributed by atoms with Crippen LogP contribution in [-0.4, -0.2) is 17.5 Å². The Kier molecular flexibility index (Phi) is 4.32. The van der Waals surface area contributed by atoms with Crippen molar-refractivity contribution in [2.24, 2.45) is 0 Å². The zero-order valence-electron chi connectivity index (χ0n) is 14.3. The number of hydrogen-bond acceptors (Lipinski definition) is 3. The van der Waals surface area contributed by atoms with Crippen molar-refractivity contribution in [1.29, 1.82) is 0 Å². The number of ether oxygens (including phenoxy) is 2. The second-order valence-electron chi connectivity index (χ2n) is 5.97. The first kappa shape index (κ1) is 16.9. The zero-order chi connectivity index (χ0) is 18.3. The van der Waals surface area contributed by atoms with Crippen LogP contribution in [0.25, 0.3) is 27.5 Å². The van der Waals surface area contributed by atoms with Gasteiger partial charge in [-0.1, -0.05) is 24.3 Å². The Morgan fingerprint density at radius 3 is 2.58 bits per heavy atom. The molecule has 0 fully saturated rings. The van der Waals surface area contributed by atoms with Gasteiger partial charge in [0.25, 0.3) is 0 Å². The van der Waals surface area contributed by atoms with Crippen molar-refractivity contribution in [2.45, 2.75) is 6.92 Å². The third-order valence-electron chi connectivity index (χ3n) is 4.31. The first-order valence-corrected chi connectivity index (χ1v) is 9.21. The third-order valence-corrected chi connectivity index (χ3v) is 5.31. The molecule has 4 aromatic rings. The molecule has 2 aromatic heterocycles. The lowest BCUT2D eigenvalue weighted by molar-refractivity contribution is -0.131. The maximum absolute atomic E-state index is 11.5. The van der Waals surface area contributed by atoms with Crippen LogP contribution >= 0.6 is 22.6 Å². The van der Waals surface area contributed by atoms with Crippen molar-refractivity contribution in [3.05, 3.63) is 64.4 Å². The number of carbonyl (C=O) groups is 1. The third kappa shape index (κ3) is 2.82. The topological polar surface area (TPSA) is 39.9 Å². The van der Waals surface area contributed by atoms with E-state index >= 15 is 0 Å². The van der Waals surface area contributed by atoms with Gasteiger partial charge in [0.15, 0.2) is 5.75 Å². The Morgan fingerprint density at radius 2 is 1.81 bits per heavy atom. The van der Waals surface area contributed by atoms with Crippen LogP contribution < -0.4 is 9.47 Å². The van der Waals surface area contributed by atoms with Crippen LogP contribution in [0.3, 0.4) is 0 Å². The summed E-state index contributed by atoms with van der Waals surface area (Å²) in [5, 5.41) is 2.24. The van der Waals surface area contributed by atoms with E-state index in [1.807, 2.05) is 42.6 Å². The summed E-state index contributed by atoms with van der Waals surface area (Å²) in [7, 11) is 1.67. The number of methoxy groups -OCH3 is 1. The molecular weight excluding hydrogens is 441 g/mol. The van der Waals surface area contributed by atoms with Crippen molar-refractivity contribution in [1.82, 2.24) is 4.40 Å². The number of benzene rings is 2. The van der Waals surface area contributed by atoms with Crippen LogP contribution in [0.5, 0.6) is 11.5 Å². The number of fused-ring (bicyclic) bond motifs is 2. The zero-order valence-corrected chi connectivity index (χ0v) is 16.5. The predicted molar refractivity (Wildman–Crippen MR) is 111 cm³/mol. The van der Waals surface area contributed by atoms with Crippen LogP contribution in [0, 0.1) is 3.57 Å². The molecule has 0 amide bonds. The largest absolute Gasteiger partial charge is 0.497 e. The molecule has 0 aliphatic carbocycles. The molecule has 0 spiro atoms. The highest BCUT2D eigenvalue weighted by molar-refractivity contribution is 14.1. The fraction of sp³-hybridized carbons (Fsp3) is 0.0952. The molecule has 2 aromatic carbocycles. The molecule has 0 saturated heterocycles. The first-order valence-electron chi connectivity index (χ1n) is 8.13. The van der Waals surface area contributed by atoms with Gasteiger partial charge in [0, 0.05) is 18.7 Å². The van der Waals surface area contributed by atoms with Crippen molar-refractivity contribution in [3.8, 4) is 22.8 Å². The summed E-state index contributed by atoms with van der Waals surface area (Å²) in [6.07, 6.45) is 1.98. The molecule has 0 N–H and O–H groups in total. The van der Waals surface area contributed by atoms with Gasteiger partial charge in [0.2, 0.25) is 0 Å². The van der Waals surface area contributed by atoms with Crippen molar-refractivity contribution in [3.63, 3.8) is 0 Å². The van der Waals surface area contributed by atoms with Gasteiger partial charge in [-0.05, 0) is 63.7 Å². The number of halogens is 1. The van der Waals surface area contributed by atoms with Gasteiger partial charge in [-0.15, -0.1) is 0 Å². The molecule has 5 heteroatoms. The summed E-state index contributed by atoms with van der Waals surface area (Å²) in [5.41, 5.74) is 2.94. The second-order valence-corrected chi connectivity index (χ2v) is 7.05. The minimum atomic E-state index is -0.323. The quantitative estimate of drug-likeness (QED) is 0.310. The standard InChI is InChI=1S/C21H16INO3/c1-13(24)26-21-18-5-3-4-10-23(18)20(19(21)22)16-7-6-15-12-17(25-2)9-8-14(15)11-16/h3-12H,1-2H3. The lowest BCUT2D eigenvalue weighted by atomic mass is 10.0. The average Bonchev–Trinajstić information content (AvgIpc) is 2.92. The molecule has 0 bridgehead atoms. The molecule has 0 radical (unpaired) electrons. The summed E-state index contributed by atoms with van der Waals surface area (Å²) >= 11 is 2.25. The second kappa shape index (κ2) is 6.64. The molecule has 0 unspecified atom stereocenters. The number of rotatable bonds is 3. The van der Waals surface area contributed by atoms with E-state index in [1.165, 1.54) is 6.92 Å². The lowest BCUT2D eigenvalue weighted by Gasteiger charge is -2.07. The van der Waals surface area contributed by atoms with Gasteiger partial charge >= 0.3 is 5.97 Å². The minimum Gasteiger partial charge on any atom is -0.497 e. The Labute approximate surface area is 164 Å². The van der Waals surface area contributed by atoms with Gasteiger partial charge in [-0.25, -0.2) is 0 Å². The van der Waals surface area contributed by atoms with E-state index in [9.17, 15) is 4.79 Å². The van der Waals surface area contributed by atoms with E-state index in [1.54, 1.807) is 7.11 Å². The number of pyridine rings is 1. The molecule has 0 aliphatic heterocycles. The van der Waals surface area contributed by atoms with E-state index < -0.39 is 0 Å². The monoisotopic (exact) mass is 457 g/mol. The Balaban J connectivity index is 1.95. The SMILES string of the molecule is COc1ccc2cc(-c3c(I)c(OC(C)=O)c4ccccn34)ccc2c1. The Bertz CT molecular complexity index is 1150. The Morgan fingerprint density at radius 1 is 1.04 bits per heavy atom. The maximum Gasteiger partial charge on any atom is 0.308 e. The number of aromatic nitrogens is 1. The van der Waals surface area contributed by atoms with Crippen LogP contribution in [-0.2, 0) is 4.79 Å². The van der Waals surface area contributed by atoms with Crippen molar-refractivity contribution in [2.75, 3.05) is 7.11 Å². The summed E-state index contributed by atoms with van der Waals surface area (Å²) in [6, 6.07) is 18.2. The number of nitrogens with zero attached hydrogens (tertiary/aromatic N) is 1. The van der Waals surface area contributed by atoms with E-state index in [4.69, 9.17) is 9.47 Å². The molecule has 130 valence electrons. The van der Waals surface area contributed by atoms with Crippen LogP contribution in [0.15, 0.2) is 60.8 Å². The van der Waals surface area contributed by atoms with E-state index in [0.29, 0.717) is 5.75 Å². The highest BCUT2D eigenvalue weighted by Crippen LogP contribution is 2.39. The van der Waals surface area contributed by atoms with Crippen molar-refractivity contribution >= 4 is 44.8 Å². The summed E-state index contributed by atoms with van der Waals surface area (Å²) in [6.45, 7) is 1.42. The summed E-state index contributed by atoms with van der Waals surface area (Å²) < 4.78 is 13.8. The molecule has 4 nitrogen and oxygen atoms in total. The maximum atomic E-state index is 11.5.